The molecule has 0 aliphatic carbocycles. The highest BCUT2D eigenvalue weighted by Crippen LogP contribution is 2.38. The molecule has 1 aromatic rings. The lowest BCUT2D eigenvalue weighted by Crippen LogP contribution is -2.47. The standard InChI is InChI=1S/C17H21NO5/c1-2-21-15(20)12-4-6-13(7-5-12)17(10-14(19)18-11-17)16-22-8-3-9-23-16/h4-7,16H,2-3,8-11H2,1H3,(H,18,19). The van der Waals surface area contributed by atoms with E-state index in [1.807, 2.05) is 12.1 Å². The van der Waals surface area contributed by atoms with Crippen LogP contribution in [0.3, 0.4) is 0 Å². The zero-order valence-electron chi connectivity index (χ0n) is 13.2. The van der Waals surface area contributed by atoms with Crippen LogP contribution < -0.4 is 5.32 Å². The molecular weight excluding hydrogens is 298 g/mol. The second kappa shape index (κ2) is 6.68. The number of carbonyl (C=O) groups is 2. The SMILES string of the molecule is CCOC(=O)c1ccc(C2(C3OCCCO3)CNC(=O)C2)cc1. The van der Waals surface area contributed by atoms with Gasteiger partial charge in [0.15, 0.2) is 6.29 Å². The molecule has 1 aromatic carbocycles. The molecule has 0 saturated carbocycles. The van der Waals surface area contributed by atoms with E-state index < -0.39 is 11.7 Å². The van der Waals surface area contributed by atoms with Crippen LogP contribution in [0.25, 0.3) is 0 Å². The molecule has 6 nitrogen and oxygen atoms in total. The number of rotatable bonds is 4. The lowest BCUT2D eigenvalue weighted by molar-refractivity contribution is -0.211. The molecule has 1 unspecified atom stereocenters. The molecule has 2 heterocycles. The monoisotopic (exact) mass is 319 g/mol. The number of esters is 1. The first-order chi connectivity index (χ1) is 11.2. The van der Waals surface area contributed by atoms with Crippen LogP contribution in [0.1, 0.15) is 35.7 Å². The first-order valence-corrected chi connectivity index (χ1v) is 7.93. The van der Waals surface area contributed by atoms with Crippen LogP contribution in [0, 0.1) is 0 Å². The van der Waals surface area contributed by atoms with Gasteiger partial charge in [0.2, 0.25) is 5.91 Å². The van der Waals surface area contributed by atoms with Gasteiger partial charge in [-0.2, -0.15) is 0 Å². The molecule has 2 aliphatic heterocycles. The van der Waals surface area contributed by atoms with Gasteiger partial charge in [-0.05, 0) is 31.0 Å². The van der Waals surface area contributed by atoms with Crippen molar-refractivity contribution in [3.8, 4) is 0 Å². The zero-order chi connectivity index (χ0) is 16.3. The van der Waals surface area contributed by atoms with Gasteiger partial charge < -0.3 is 19.5 Å². The third-order valence-electron chi connectivity index (χ3n) is 4.33. The Morgan fingerprint density at radius 2 is 2.00 bits per heavy atom. The number of hydrogen-bond donors (Lipinski definition) is 1. The van der Waals surface area contributed by atoms with Crippen molar-refractivity contribution in [1.82, 2.24) is 5.32 Å². The third-order valence-corrected chi connectivity index (χ3v) is 4.33. The molecule has 23 heavy (non-hydrogen) atoms. The Kier molecular flexibility index (Phi) is 4.63. The van der Waals surface area contributed by atoms with Crippen molar-refractivity contribution in [2.75, 3.05) is 26.4 Å². The van der Waals surface area contributed by atoms with Crippen LogP contribution in [0.5, 0.6) is 0 Å². The molecule has 0 aromatic heterocycles. The maximum absolute atomic E-state index is 11.8. The fourth-order valence-corrected chi connectivity index (χ4v) is 3.13. The Morgan fingerprint density at radius 1 is 1.30 bits per heavy atom. The van der Waals surface area contributed by atoms with Crippen LogP contribution in [-0.4, -0.2) is 44.5 Å². The predicted octanol–water partition coefficient (Wildman–Crippen LogP) is 1.38. The molecule has 1 N–H and O–H groups in total. The topological polar surface area (TPSA) is 73.9 Å². The summed E-state index contributed by atoms with van der Waals surface area (Å²) in [5.41, 5.74) is 0.870. The minimum Gasteiger partial charge on any atom is -0.462 e. The number of benzene rings is 1. The van der Waals surface area contributed by atoms with Gasteiger partial charge in [-0.1, -0.05) is 12.1 Å². The van der Waals surface area contributed by atoms with E-state index in [4.69, 9.17) is 14.2 Å². The van der Waals surface area contributed by atoms with Gasteiger partial charge in [-0.3, -0.25) is 4.79 Å². The summed E-state index contributed by atoms with van der Waals surface area (Å²) in [5, 5.41) is 2.87. The minimum absolute atomic E-state index is 0.0164. The van der Waals surface area contributed by atoms with E-state index in [1.54, 1.807) is 19.1 Å². The van der Waals surface area contributed by atoms with Crippen molar-refractivity contribution >= 4 is 11.9 Å². The minimum atomic E-state index is -0.551. The fraction of sp³-hybridized carbons (Fsp3) is 0.529. The summed E-state index contributed by atoms with van der Waals surface area (Å²) in [6.45, 7) is 3.83. The van der Waals surface area contributed by atoms with Gasteiger partial charge in [0, 0.05) is 13.0 Å². The van der Waals surface area contributed by atoms with Crippen LogP contribution in [0.2, 0.25) is 0 Å². The predicted molar refractivity (Wildman–Crippen MR) is 82.0 cm³/mol. The van der Waals surface area contributed by atoms with Crippen molar-refractivity contribution in [3.05, 3.63) is 35.4 Å². The number of nitrogens with one attached hydrogen (secondary N) is 1. The lowest BCUT2D eigenvalue weighted by Gasteiger charge is -2.38. The second-order valence-electron chi connectivity index (χ2n) is 5.83. The molecule has 0 radical (unpaired) electrons. The van der Waals surface area contributed by atoms with Gasteiger partial charge in [-0.25, -0.2) is 4.79 Å². The summed E-state index contributed by atoms with van der Waals surface area (Å²) < 4.78 is 16.6. The first kappa shape index (κ1) is 16.0. The molecular formula is C17H21NO5. The molecule has 2 fully saturated rings. The van der Waals surface area contributed by atoms with Crippen molar-refractivity contribution in [1.29, 1.82) is 0 Å². The summed E-state index contributed by atoms with van der Waals surface area (Å²) in [5.74, 6) is -0.365. The molecule has 1 amide bonds. The Balaban J connectivity index is 1.88. The average Bonchev–Trinajstić information content (AvgIpc) is 2.99. The Hall–Kier alpha value is -1.92. The highest BCUT2D eigenvalue weighted by molar-refractivity contribution is 5.89. The molecule has 6 heteroatoms. The Bertz CT molecular complexity index is 579. The molecule has 0 bridgehead atoms. The number of amides is 1. The lowest BCUT2D eigenvalue weighted by atomic mass is 9.78. The second-order valence-corrected chi connectivity index (χ2v) is 5.83. The highest BCUT2D eigenvalue weighted by atomic mass is 16.7. The van der Waals surface area contributed by atoms with E-state index in [0.717, 1.165) is 12.0 Å². The molecule has 2 aliphatic rings. The highest BCUT2D eigenvalue weighted by Gasteiger charge is 2.48. The zero-order valence-corrected chi connectivity index (χ0v) is 13.2. The van der Waals surface area contributed by atoms with Crippen molar-refractivity contribution in [2.24, 2.45) is 0 Å². The summed E-state index contributed by atoms with van der Waals surface area (Å²) in [7, 11) is 0. The normalized spacial score (nSPS) is 25.2. The molecule has 124 valence electrons. The summed E-state index contributed by atoms with van der Waals surface area (Å²) >= 11 is 0. The fourth-order valence-electron chi connectivity index (χ4n) is 3.13. The number of ether oxygens (including phenoxy) is 3. The van der Waals surface area contributed by atoms with Crippen LogP contribution in [-0.2, 0) is 24.4 Å². The number of hydrogen-bond acceptors (Lipinski definition) is 5. The van der Waals surface area contributed by atoms with Gasteiger partial charge >= 0.3 is 5.97 Å². The first-order valence-electron chi connectivity index (χ1n) is 7.93. The van der Waals surface area contributed by atoms with Gasteiger partial charge in [0.25, 0.3) is 0 Å². The van der Waals surface area contributed by atoms with Gasteiger partial charge in [0.05, 0.1) is 30.8 Å². The van der Waals surface area contributed by atoms with Gasteiger partial charge in [0.1, 0.15) is 0 Å². The largest absolute Gasteiger partial charge is 0.462 e. The Morgan fingerprint density at radius 3 is 2.57 bits per heavy atom. The van der Waals surface area contributed by atoms with Crippen LogP contribution in [0.4, 0.5) is 0 Å². The molecule has 0 spiro atoms. The quantitative estimate of drug-likeness (QED) is 0.849. The van der Waals surface area contributed by atoms with E-state index in [1.165, 1.54) is 0 Å². The maximum Gasteiger partial charge on any atom is 0.338 e. The van der Waals surface area contributed by atoms with E-state index in [9.17, 15) is 9.59 Å². The maximum atomic E-state index is 11.8. The van der Waals surface area contributed by atoms with E-state index >= 15 is 0 Å². The van der Waals surface area contributed by atoms with Crippen LogP contribution in [0.15, 0.2) is 24.3 Å². The Labute approximate surface area is 135 Å². The van der Waals surface area contributed by atoms with E-state index in [2.05, 4.69) is 5.32 Å². The number of carbonyl (C=O) groups excluding carboxylic acids is 2. The average molecular weight is 319 g/mol. The molecule has 3 rings (SSSR count). The summed E-state index contributed by atoms with van der Waals surface area (Å²) in [6.07, 6.45) is 0.718. The van der Waals surface area contributed by atoms with E-state index in [0.29, 0.717) is 38.3 Å². The molecule has 2 saturated heterocycles. The third kappa shape index (κ3) is 3.09. The van der Waals surface area contributed by atoms with Crippen molar-refractivity contribution in [2.45, 2.75) is 31.5 Å². The molecule has 1 atom stereocenters. The summed E-state index contributed by atoms with van der Waals surface area (Å²) in [6, 6.07) is 7.16. The van der Waals surface area contributed by atoms with Crippen LogP contribution >= 0.6 is 0 Å². The summed E-state index contributed by atoms with van der Waals surface area (Å²) in [4.78, 5) is 23.6. The smallest absolute Gasteiger partial charge is 0.338 e. The van der Waals surface area contributed by atoms with E-state index in [-0.39, 0.29) is 11.9 Å². The van der Waals surface area contributed by atoms with Gasteiger partial charge in [-0.15, -0.1) is 0 Å². The van der Waals surface area contributed by atoms with Crippen molar-refractivity contribution < 1.29 is 23.8 Å². The van der Waals surface area contributed by atoms with Crippen molar-refractivity contribution in [3.63, 3.8) is 0 Å².